The standard InChI is InChI=1S/C12H19N3O5/c1-9(16)13-2-4-14(5-3-13)12(19)15-6-7-20-8-10(15)11(17)18/h10H,2-8H2,1H3,(H,17,18). The van der Waals surface area contributed by atoms with E-state index >= 15 is 0 Å². The lowest BCUT2D eigenvalue weighted by Crippen LogP contribution is -2.59. The molecule has 8 nitrogen and oxygen atoms in total. The van der Waals surface area contributed by atoms with Gasteiger partial charge in [0, 0.05) is 39.6 Å². The summed E-state index contributed by atoms with van der Waals surface area (Å²) in [6, 6.07) is -1.22. The Balaban J connectivity index is 1.97. The number of piperazine rings is 1. The number of morpholine rings is 1. The maximum atomic E-state index is 12.4. The zero-order chi connectivity index (χ0) is 14.7. The zero-order valence-corrected chi connectivity index (χ0v) is 11.4. The topological polar surface area (TPSA) is 90.4 Å². The lowest BCUT2D eigenvalue weighted by atomic mass is 10.2. The van der Waals surface area contributed by atoms with E-state index in [2.05, 4.69) is 0 Å². The van der Waals surface area contributed by atoms with Crippen molar-refractivity contribution in [1.29, 1.82) is 0 Å². The van der Waals surface area contributed by atoms with E-state index in [1.807, 2.05) is 0 Å². The van der Waals surface area contributed by atoms with Crippen molar-refractivity contribution in [2.45, 2.75) is 13.0 Å². The number of carboxylic acid groups (broad SMARTS) is 1. The van der Waals surface area contributed by atoms with Crippen LogP contribution in [0.1, 0.15) is 6.92 Å². The second-order valence-electron chi connectivity index (χ2n) is 4.90. The van der Waals surface area contributed by atoms with Crippen LogP contribution in [0.5, 0.6) is 0 Å². The Morgan fingerprint density at radius 3 is 2.20 bits per heavy atom. The van der Waals surface area contributed by atoms with Crippen LogP contribution in [0.2, 0.25) is 0 Å². The van der Waals surface area contributed by atoms with E-state index < -0.39 is 12.0 Å². The average Bonchev–Trinajstić information content (AvgIpc) is 2.46. The molecule has 1 unspecified atom stereocenters. The molecule has 0 bridgehead atoms. The first-order chi connectivity index (χ1) is 9.50. The Hall–Kier alpha value is -1.83. The number of ether oxygens (including phenoxy) is 1. The van der Waals surface area contributed by atoms with Crippen molar-refractivity contribution in [2.75, 3.05) is 45.9 Å². The van der Waals surface area contributed by atoms with Crippen LogP contribution in [-0.4, -0.2) is 89.7 Å². The Morgan fingerprint density at radius 2 is 1.65 bits per heavy atom. The third-order valence-electron chi connectivity index (χ3n) is 3.65. The molecule has 0 aromatic rings. The highest BCUT2D eigenvalue weighted by atomic mass is 16.5. The highest BCUT2D eigenvalue weighted by Gasteiger charge is 2.36. The van der Waals surface area contributed by atoms with Crippen molar-refractivity contribution in [1.82, 2.24) is 14.7 Å². The summed E-state index contributed by atoms with van der Waals surface area (Å²) in [5.74, 6) is -1.06. The molecule has 0 radical (unpaired) electrons. The van der Waals surface area contributed by atoms with E-state index in [0.717, 1.165) is 0 Å². The number of urea groups is 1. The fourth-order valence-corrected chi connectivity index (χ4v) is 2.43. The Bertz CT molecular complexity index is 406. The van der Waals surface area contributed by atoms with Crippen molar-refractivity contribution < 1.29 is 24.2 Å². The third kappa shape index (κ3) is 3.01. The molecule has 3 amide bonds. The van der Waals surface area contributed by atoms with Crippen LogP contribution in [0.4, 0.5) is 4.79 Å². The van der Waals surface area contributed by atoms with Crippen LogP contribution in [0.15, 0.2) is 0 Å². The van der Waals surface area contributed by atoms with Gasteiger partial charge in [-0.1, -0.05) is 0 Å². The van der Waals surface area contributed by atoms with Crippen molar-refractivity contribution in [2.24, 2.45) is 0 Å². The lowest BCUT2D eigenvalue weighted by Gasteiger charge is -2.40. The predicted octanol–water partition coefficient (Wildman–Crippen LogP) is -0.944. The number of carbonyl (C=O) groups excluding carboxylic acids is 2. The van der Waals surface area contributed by atoms with Crippen molar-refractivity contribution >= 4 is 17.9 Å². The molecular formula is C12H19N3O5. The van der Waals surface area contributed by atoms with Crippen LogP contribution < -0.4 is 0 Å². The number of rotatable bonds is 1. The molecule has 0 saturated carbocycles. The highest BCUT2D eigenvalue weighted by molar-refractivity contribution is 5.83. The van der Waals surface area contributed by atoms with Gasteiger partial charge >= 0.3 is 12.0 Å². The summed E-state index contributed by atoms with van der Waals surface area (Å²) in [5, 5.41) is 9.13. The molecule has 1 N–H and O–H groups in total. The molecule has 2 aliphatic rings. The monoisotopic (exact) mass is 285 g/mol. The molecule has 2 heterocycles. The zero-order valence-electron chi connectivity index (χ0n) is 11.4. The average molecular weight is 285 g/mol. The van der Waals surface area contributed by atoms with Gasteiger partial charge in [0.15, 0.2) is 6.04 Å². The molecule has 0 spiro atoms. The maximum Gasteiger partial charge on any atom is 0.328 e. The van der Waals surface area contributed by atoms with Gasteiger partial charge in [0.2, 0.25) is 5.91 Å². The number of carboxylic acids is 1. The number of hydrogen-bond acceptors (Lipinski definition) is 4. The summed E-state index contributed by atoms with van der Waals surface area (Å²) < 4.78 is 5.11. The smallest absolute Gasteiger partial charge is 0.328 e. The summed E-state index contributed by atoms with van der Waals surface area (Å²) >= 11 is 0. The Morgan fingerprint density at radius 1 is 1.05 bits per heavy atom. The van der Waals surface area contributed by atoms with E-state index in [0.29, 0.717) is 32.8 Å². The van der Waals surface area contributed by atoms with Gasteiger partial charge in [0.1, 0.15) is 0 Å². The Kier molecular flexibility index (Phi) is 4.43. The van der Waals surface area contributed by atoms with Crippen molar-refractivity contribution in [3.63, 3.8) is 0 Å². The second-order valence-corrected chi connectivity index (χ2v) is 4.90. The van der Waals surface area contributed by atoms with Gasteiger partial charge in [-0.2, -0.15) is 0 Å². The molecular weight excluding hydrogens is 266 g/mol. The molecule has 2 fully saturated rings. The number of amides is 3. The molecule has 0 aliphatic carbocycles. The van der Waals surface area contributed by atoms with Gasteiger partial charge in [0.25, 0.3) is 0 Å². The quantitative estimate of drug-likeness (QED) is 0.671. The summed E-state index contributed by atoms with van der Waals surface area (Å²) in [5.41, 5.74) is 0. The van der Waals surface area contributed by atoms with Crippen molar-refractivity contribution in [3.8, 4) is 0 Å². The minimum absolute atomic E-state index is 0.00751. The maximum absolute atomic E-state index is 12.4. The molecule has 112 valence electrons. The first-order valence-corrected chi connectivity index (χ1v) is 6.62. The summed E-state index contributed by atoms with van der Waals surface area (Å²) in [7, 11) is 0. The SMILES string of the molecule is CC(=O)N1CCN(C(=O)N2CCOCC2C(=O)O)CC1. The van der Waals surface area contributed by atoms with Gasteiger partial charge in [0.05, 0.1) is 13.2 Å². The summed E-state index contributed by atoms with van der Waals surface area (Å²) in [6.45, 7) is 4.00. The fourth-order valence-electron chi connectivity index (χ4n) is 2.43. The number of hydrogen-bond donors (Lipinski definition) is 1. The van der Waals surface area contributed by atoms with Crippen LogP contribution in [0.3, 0.4) is 0 Å². The molecule has 2 rings (SSSR count). The molecule has 8 heteroatoms. The van der Waals surface area contributed by atoms with E-state index in [1.165, 1.54) is 11.8 Å². The number of nitrogens with zero attached hydrogens (tertiary/aromatic N) is 3. The molecule has 0 aromatic heterocycles. The van der Waals surface area contributed by atoms with Gasteiger partial charge in [-0.3, -0.25) is 4.79 Å². The number of carbonyl (C=O) groups is 3. The molecule has 0 aromatic carbocycles. The first-order valence-electron chi connectivity index (χ1n) is 6.62. The number of aliphatic carboxylic acids is 1. The highest BCUT2D eigenvalue weighted by Crippen LogP contribution is 2.13. The van der Waals surface area contributed by atoms with Gasteiger partial charge in [-0.25, -0.2) is 9.59 Å². The van der Waals surface area contributed by atoms with E-state index in [4.69, 9.17) is 9.84 Å². The fraction of sp³-hybridized carbons (Fsp3) is 0.750. The van der Waals surface area contributed by atoms with Crippen molar-refractivity contribution in [3.05, 3.63) is 0 Å². The largest absolute Gasteiger partial charge is 0.480 e. The van der Waals surface area contributed by atoms with Crippen LogP contribution in [-0.2, 0) is 14.3 Å². The molecule has 2 aliphatic heterocycles. The van der Waals surface area contributed by atoms with Crippen LogP contribution in [0, 0.1) is 0 Å². The molecule has 2 saturated heterocycles. The Labute approximate surface area is 116 Å². The normalized spacial score (nSPS) is 23.6. The van der Waals surface area contributed by atoms with E-state index in [-0.39, 0.29) is 25.1 Å². The van der Waals surface area contributed by atoms with E-state index in [9.17, 15) is 14.4 Å². The minimum atomic E-state index is -1.06. The predicted molar refractivity (Wildman–Crippen MR) is 68.2 cm³/mol. The second kappa shape index (κ2) is 6.08. The minimum Gasteiger partial charge on any atom is -0.480 e. The molecule has 20 heavy (non-hydrogen) atoms. The lowest BCUT2D eigenvalue weighted by molar-refractivity contribution is -0.147. The van der Waals surface area contributed by atoms with Crippen LogP contribution in [0.25, 0.3) is 0 Å². The van der Waals surface area contributed by atoms with E-state index in [1.54, 1.807) is 9.80 Å². The third-order valence-corrected chi connectivity index (χ3v) is 3.65. The van der Waals surface area contributed by atoms with Gasteiger partial charge < -0.3 is 24.5 Å². The summed E-state index contributed by atoms with van der Waals surface area (Å²) in [6.07, 6.45) is 0. The first kappa shape index (κ1) is 14.6. The van der Waals surface area contributed by atoms with Gasteiger partial charge in [-0.15, -0.1) is 0 Å². The molecule has 1 atom stereocenters. The van der Waals surface area contributed by atoms with Gasteiger partial charge in [-0.05, 0) is 0 Å². The van der Waals surface area contributed by atoms with Crippen LogP contribution >= 0.6 is 0 Å². The summed E-state index contributed by atoms with van der Waals surface area (Å²) in [4.78, 5) is 39.4.